The number of carbonyl (C=O) groups excluding carboxylic acids is 1. The minimum atomic E-state index is -1.03. The van der Waals surface area contributed by atoms with Crippen LogP contribution in [0, 0.1) is 5.92 Å². The number of nitrogens with zero attached hydrogens (tertiary/aromatic N) is 3. The third-order valence-electron chi connectivity index (χ3n) is 9.14. The van der Waals surface area contributed by atoms with E-state index in [1.54, 1.807) is 18.3 Å². The molecule has 1 aliphatic rings. The number of para-hydroxylation sites is 2. The third-order valence-corrected chi connectivity index (χ3v) is 10.2. The van der Waals surface area contributed by atoms with Gasteiger partial charge in [-0.25, -0.2) is 14.8 Å². The summed E-state index contributed by atoms with van der Waals surface area (Å²) in [7, 11) is 0. The van der Waals surface area contributed by atoms with Crippen LogP contribution < -0.4 is 5.32 Å². The van der Waals surface area contributed by atoms with Crippen LogP contribution in [0.2, 0.25) is 0 Å². The molecule has 3 heterocycles. The Labute approximate surface area is 304 Å². The molecule has 0 spiro atoms. The fourth-order valence-corrected chi connectivity index (χ4v) is 7.40. The van der Waals surface area contributed by atoms with Crippen molar-refractivity contribution in [2.75, 3.05) is 5.75 Å². The smallest absolute Gasteiger partial charge is 0.338 e. The topological polar surface area (TPSA) is 144 Å². The van der Waals surface area contributed by atoms with Gasteiger partial charge in [0.1, 0.15) is 10.7 Å². The van der Waals surface area contributed by atoms with Crippen molar-refractivity contribution in [1.82, 2.24) is 20.3 Å². The maximum atomic E-state index is 13.0. The van der Waals surface area contributed by atoms with Crippen LogP contribution >= 0.6 is 11.8 Å². The average molecular weight is 713 g/mol. The van der Waals surface area contributed by atoms with Gasteiger partial charge in [0, 0.05) is 30.0 Å². The summed E-state index contributed by atoms with van der Waals surface area (Å²) in [6.45, 7) is 2.31. The molecular weight excluding hydrogens is 677 g/mol. The molecule has 0 aliphatic carbocycles. The van der Waals surface area contributed by atoms with E-state index in [1.165, 1.54) is 18.0 Å². The number of ether oxygens (including phenoxy) is 2. The van der Waals surface area contributed by atoms with Gasteiger partial charge in [0.05, 0.1) is 41.6 Å². The zero-order valence-electron chi connectivity index (χ0n) is 28.3. The molecule has 10 nitrogen and oxygen atoms in total. The minimum absolute atomic E-state index is 0.0523. The molecule has 1 aliphatic heterocycles. The van der Waals surface area contributed by atoms with E-state index in [4.69, 9.17) is 9.47 Å². The van der Waals surface area contributed by atoms with Crippen LogP contribution in [0.5, 0.6) is 0 Å². The first-order chi connectivity index (χ1) is 25.4. The highest BCUT2D eigenvalue weighted by Crippen LogP contribution is 2.43. The Kier molecular flexibility index (Phi) is 10.6. The Balaban J connectivity index is 1.10. The molecule has 0 saturated carbocycles. The van der Waals surface area contributed by atoms with E-state index < -0.39 is 12.3 Å². The van der Waals surface area contributed by atoms with Crippen molar-refractivity contribution in [1.29, 1.82) is 0 Å². The van der Waals surface area contributed by atoms with Crippen LogP contribution in [0.25, 0.3) is 22.2 Å². The summed E-state index contributed by atoms with van der Waals surface area (Å²) in [6.07, 6.45) is 1.76. The van der Waals surface area contributed by atoms with Crippen molar-refractivity contribution in [3.05, 3.63) is 155 Å². The predicted octanol–water partition coefficient (Wildman–Crippen LogP) is 7.40. The summed E-state index contributed by atoms with van der Waals surface area (Å²) in [5, 5.41) is 22.7. The number of benzene rings is 4. The van der Waals surface area contributed by atoms with Crippen LogP contribution in [-0.2, 0) is 22.6 Å². The fraction of sp³-hybridized carbons (Fsp3) is 0.195. The minimum Gasteiger partial charge on any atom is -0.478 e. The van der Waals surface area contributed by atoms with E-state index in [0.717, 1.165) is 38.9 Å². The lowest BCUT2D eigenvalue weighted by Crippen LogP contribution is -2.38. The van der Waals surface area contributed by atoms with Gasteiger partial charge in [-0.3, -0.25) is 9.78 Å². The molecule has 52 heavy (non-hydrogen) atoms. The number of aliphatic hydroxyl groups excluding tert-OH is 1. The van der Waals surface area contributed by atoms with E-state index in [2.05, 4.69) is 27.2 Å². The van der Waals surface area contributed by atoms with Gasteiger partial charge < -0.3 is 25.0 Å². The highest BCUT2D eigenvalue weighted by atomic mass is 32.2. The largest absolute Gasteiger partial charge is 0.478 e. The Morgan fingerprint density at radius 3 is 2.33 bits per heavy atom. The van der Waals surface area contributed by atoms with Crippen molar-refractivity contribution < 1.29 is 29.3 Å². The van der Waals surface area contributed by atoms with Gasteiger partial charge in [0.25, 0.3) is 5.91 Å². The maximum Gasteiger partial charge on any atom is 0.338 e. The monoisotopic (exact) mass is 712 g/mol. The molecule has 6 aromatic rings. The van der Waals surface area contributed by atoms with Gasteiger partial charge in [-0.1, -0.05) is 91.9 Å². The molecule has 0 unspecified atom stereocenters. The predicted molar refractivity (Wildman–Crippen MR) is 197 cm³/mol. The molecular formula is C41H36N4O6S. The summed E-state index contributed by atoms with van der Waals surface area (Å²) in [5.74, 6) is -0.951. The number of amides is 1. The Bertz CT molecular complexity index is 2200. The average Bonchev–Trinajstić information content (AvgIpc) is 3.19. The van der Waals surface area contributed by atoms with E-state index >= 15 is 0 Å². The van der Waals surface area contributed by atoms with Gasteiger partial charge in [0.15, 0.2) is 6.29 Å². The Morgan fingerprint density at radius 2 is 1.56 bits per heavy atom. The number of fused-ring (bicyclic) bond motifs is 1. The van der Waals surface area contributed by atoms with Gasteiger partial charge in [0.2, 0.25) is 0 Å². The summed E-state index contributed by atoms with van der Waals surface area (Å²) in [6, 6.07) is 34.2. The van der Waals surface area contributed by atoms with Crippen LogP contribution in [0.4, 0.5) is 0 Å². The van der Waals surface area contributed by atoms with Crippen LogP contribution in [0.3, 0.4) is 0 Å². The SMILES string of the molecule is C[C@H]1[C@@H](CSc2ncccc2C(=O)O)O[C@@H](c2ccc(-c3ccccc3CNC(=O)c3cnc4ccccc4n3)cc2)O[C@H]1c1ccc(CO)cc1. The molecule has 0 radical (unpaired) electrons. The Hall–Kier alpha value is -5.46. The molecule has 2 aromatic heterocycles. The van der Waals surface area contributed by atoms with Gasteiger partial charge in [-0.15, -0.1) is 11.8 Å². The first-order valence-electron chi connectivity index (χ1n) is 16.9. The number of carbonyl (C=O) groups is 2. The lowest BCUT2D eigenvalue weighted by atomic mass is 9.91. The quantitative estimate of drug-likeness (QED) is 0.116. The molecule has 1 fully saturated rings. The van der Waals surface area contributed by atoms with Gasteiger partial charge in [-0.2, -0.15) is 0 Å². The lowest BCUT2D eigenvalue weighted by Gasteiger charge is -2.41. The second kappa shape index (κ2) is 15.8. The first kappa shape index (κ1) is 35.0. The number of aliphatic hydroxyl groups is 1. The number of rotatable bonds is 11. The maximum absolute atomic E-state index is 13.0. The van der Waals surface area contributed by atoms with E-state index in [-0.39, 0.29) is 41.9 Å². The summed E-state index contributed by atoms with van der Waals surface area (Å²) < 4.78 is 13.2. The highest BCUT2D eigenvalue weighted by molar-refractivity contribution is 7.99. The first-order valence-corrected chi connectivity index (χ1v) is 17.9. The van der Waals surface area contributed by atoms with Gasteiger partial charge >= 0.3 is 5.97 Å². The molecule has 7 rings (SSSR count). The molecule has 4 atom stereocenters. The third kappa shape index (κ3) is 7.73. The number of carboxylic acids is 1. The summed E-state index contributed by atoms with van der Waals surface area (Å²) in [4.78, 5) is 38.0. The van der Waals surface area contributed by atoms with Crippen LogP contribution in [0.1, 0.15) is 62.4 Å². The van der Waals surface area contributed by atoms with Crippen LogP contribution in [-0.4, -0.2) is 48.9 Å². The van der Waals surface area contributed by atoms with Crippen molar-refractivity contribution in [3.63, 3.8) is 0 Å². The van der Waals surface area contributed by atoms with E-state index in [1.807, 2.05) is 97.1 Å². The second-order valence-electron chi connectivity index (χ2n) is 12.5. The van der Waals surface area contributed by atoms with Gasteiger partial charge in [-0.05, 0) is 52.1 Å². The number of aromatic nitrogens is 3. The Morgan fingerprint density at radius 1 is 0.827 bits per heavy atom. The molecule has 4 aromatic carbocycles. The molecule has 1 saturated heterocycles. The number of hydrogen-bond donors (Lipinski definition) is 3. The number of nitrogens with one attached hydrogen (secondary N) is 1. The molecule has 3 N–H and O–H groups in total. The number of hydrogen-bond acceptors (Lipinski definition) is 9. The van der Waals surface area contributed by atoms with E-state index in [9.17, 15) is 19.8 Å². The van der Waals surface area contributed by atoms with Crippen LogP contribution in [0.15, 0.2) is 127 Å². The lowest BCUT2D eigenvalue weighted by molar-refractivity contribution is -0.268. The standard InChI is InChI=1S/C41H36N4O6S/c1-25-36(24-52-39-32(40(48)49)9-6-20-42-39)50-41(51-37(25)28-14-12-26(23-46)13-15-28)29-18-16-27(17-19-29)31-8-3-2-7-30(31)21-44-38(47)35-22-43-33-10-4-5-11-34(33)45-35/h2-20,22,25,36-37,41,46H,21,23-24H2,1H3,(H,44,47)(H,48,49)/t25-,36+,37+,41+/m0/s1. The molecule has 262 valence electrons. The number of carboxylic acid groups (broad SMARTS) is 1. The van der Waals surface area contributed by atoms with E-state index in [0.29, 0.717) is 22.8 Å². The molecule has 1 amide bonds. The van der Waals surface area contributed by atoms with Crippen molar-refractivity contribution in [3.8, 4) is 11.1 Å². The second-order valence-corrected chi connectivity index (χ2v) is 13.5. The number of pyridine rings is 1. The molecule has 11 heteroatoms. The molecule has 0 bridgehead atoms. The zero-order valence-corrected chi connectivity index (χ0v) is 29.1. The fourth-order valence-electron chi connectivity index (χ4n) is 6.25. The summed E-state index contributed by atoms with van der Waals surface area (Å²) >= 11 is 1.35. The van der Waals surface area contributed by atoms with Crippen molar-refractivity contribution in [2.45, 2.75) is 43.6 Å². The zero-order chi connectivity index (χ0) is 36.0. The summed E-state index contributed by atoms with van der Waals surface area (Å²) in [5.41, 5.74) is 7.26. The van der Waals surface area contributed by atoms with Crippen molar-refractivity contribution >= 4 is 34.7 Å². The number of thioether (sulfide) groups is 1. The normalized spacial score (nSPS) is 18.6. The highest BCUT2D eigenvalue weighted by Gasteiger charge is 2.38. The van der Waals surface area contributed by atoms with Crippen molar-refractivity contribution in [2.24, 2.45) is 5.92 Å². The number of aromatic carboxylic acids is 1.